The second-order valence-electron chi connectivity index (χ2n) is 9.47. The molecule has 4 heteroatoms. The van der Waals surface area contributed by atoms with Crippen molar-refractivity contribution < 1.29 is 4.42 Å². The summed E-state index contributed by atoms with van der Waals surface area (Å²) in [5.74, 6) is 0. The van der Waals surface area contributed by atoms with Crippen molar-refractivity contribution in [2.24, 2.45) is 7.05 Å². The van der Waals surface area contributed by atoms with Crippen LogP contribution in [-0.4, -0.2) is 13.5 Å². The third kappa shape index (κ3) is 1.90. The summed E-state index contributed by atoms with van der Waals surface area (Å²) in [6.07, 6.45) is 1.81. The van der Waals surface area contributed by atoms with E-state index in [1.54, 1.807) is 0 Å². The molecule has 0 aliphatic rings. The van der Waals surface area contributed by atoms with Crippen molar-refractivity contribution in [3.05, 3.63) is 97.3 Å². The summed E-state index contributed by atoms with van der Waals surface area (Å²) in [6, 6.07) is 32.8. The summed E-state index contributed by atoms with van der Waals surface area (Å²) in [5.41, 5.74) is 9.25. The van der Waals surface area contributed by atoms with Gasteiger partial charge >= 0.3 is 0 Å². The van der Waals surface area contributed by atoms with Crippen LogP contribution in [0.2, 0.25) is 0 Å². The highest BCUT2D eigenvalue weighted by molar-refractivity contribution is 6.35. The molecular formula is C31H19N3O. The van der Waals surface area contributed by atoms with Crippen LogP contribution >= 0.6 is 0 Å². The molecular weight excluding hydrogens is 430 g/mol. The van der Waals surface area contributed by atoms with E-state index in [1.807, 2.05) is 6.26 Å². The van der Waals surface area contributed by atoms with Gasteiger partial charge in [0.15, 0.2) is 5.58 Å². The fraction of sp³-hybridized carbons (Fsp3) is 0.0323. The van der Waals surface area contributed by atoms with E-state index >= 15 is 0 Å². The Morgan fingerprint density at radius 3 is 2.26 bits per heavy atom. The zero-order valence-corrected chi connectivity index (χ0v) is 19.0. The molecule has 0 saturated carbocycles. The smallest absolute Gasteiger partial charge is 0.160 e. The van der Waals surface area contributed by atoms with E-state index in [4.69, 9.17) is 4.42 Å². The van der Waals surface area contributed by atoms with Crippen LogP contribution in [0, 0.1) is 0 Å². The number of aromatic nitrogens is 3. The lowest BCUT2D eigenvalue weighted by atomic mass is 10.0. The second kappa shape index (κ2) is 5.86. The van der Waals surface area contributed by atoms with Gasteiger partial charge in [0.1, 0.15) is 5.65 Å². The standard InChI is InChI=1S/C31H19N3O/c1-32-23-13-7-11-20-26-19-10-5-6-12-22(19)33(18-8-3-2-4-9-18)31(26)34-25-16-17-35-30(25)21-14-15-24(32)28(27(20)23)29(21)34/h2-17H,1H3. The van der Waals surface area contributed by atoms with Crippen LogP contribution in [0.3, 0.4) is 0 Å². The summed E-state index contributed by atoms with van der Waals surface area (Å²) >= 11 is 0. The fourth-order valence-corrected chi connectivity index (χ4v) is 6.51. The van der Waals surface area contributed by atoms with Crippen molar-refractivity contribution in [3.8, 4) is 5.69 Å². The van der Waals surface area contributed by atoms with Gasteiger partial charge in [-0.2, -0.15) is 0 Å². The molecule has 9 rings (SSSR count). The highest BCUT2D eigenvalue weighted by Crippen LogP contribution is 2.46. The Hall–Kier alpha value is -4.70. The van der Waals surface area contributed by atoms with Gasteiger partial charge in [0, 0.05) is 51.2 Å². The molecule has 0 aliphatic carbocycles. The molecule has 0 saturated heterocycles. The van der Waals surface area contributed by atoms with E-state index in [1.165, 1.54) is 49.0 Å². The van der Waals surface area contributed by atoms with Crippen molar-refractivity contribution in [1.82, 2.24) is 13.5 Å². The minimum absolute atomic E-state index is 0.939. The summed E-state index contributed by atoms with van der Waals surface area (Å²) in [6.45, 7) is 0. The third-order valence-electron chi connectivity index (χ3n) is 7.87. The maximum Gasteiger partial charge on any atom is 0.160 e. The number of hydrogen-bond acceptors (Lipinski definition) is 1. The van der Waals surface area contributed by atoms with Gasteiger partial charge in [0.05, 0.1) is 28.3 Å². The summed E-state index contributed by atoms with van der Waals surface area (Å²) in [4.78, 5) is 0. The number of hydrogen-bond donors (Lipinski definition) is 0. The summed E-state index contributed by atoms with van der Waals surface area (Å²) in [7, 11) is 2.17. The second-order valence-corrected chi connectivity index (χ2v) is 9.47. The van der Waals surface area contributed by atoms with Gasteiger partial charge in [0.25, 0.3) is 0 Å². The molecule has 0 bridgehead atoms. The van der Waals surface area contributed by atoms with Crippen molar-refractivity contribution >= 4 is 71.1 Å². The van der Waals surface area contributed by atoms with Gasteiger partial charge in [0.2, 0.25) is 0 Å². The van der Waals surface area contributed by atoms with Crippen molar-refractivity contribution in [3.63, 3.8) is 0 Å². The molecule has 0 spiro atoms. The first-order chi connectivity index (χ1) is 17.3. The van der Waals surface area contributed by atoms with Gasteiger partial charge in [-0.25, -0.2) is 0 Å². The summed E-state index contributed by atoms with van der Waals surface area (Å²) < 4.78 is 13.3. The maximum atomic E-state index is 6.10. The molecule has 5 aromatic heterocycles. The molecule has 0 radical (unpaired) electrons. The van der Waals surface area contributed by atoms with E-state index in [0.717, 1.165) is 27.8 Å². The molecule has 0 atom stereocenters. The zero-order chi connectivity index (χ0) is 22.8. The van der Waals surface area contributed by atoms with Crippen LogP contribution in [0.25, 0.3) is 76.8 Å². The van der Waals surface area contributed by atoms with Crippen molar-refractivity contribution in [2.75, 3.05) is 0 Å². The molecule has 9 aromatic rings. The largest absolute Gasteiger partial charge is 0.462 e. The fourth-order valence-electron chi connectivity index (χ4n) is 6.51. The van der Waals surface area contributed by atoms with E-state index in [2.05, 4.69) is 112 Å². The lowest BCUT2D eigenvalue weighted by Gasteiger charge is -2.09. The van der Waals surface area contributed by atoms with Crippen LogP contribution in [0.1, 0.15) is 0 Å². The number of nitrogens with zero attached hydrogens (tertiary/aromatic N) is 3. The van der Waals surface area contributed by atoms with Gasteiger partial charge < -0.3 is 8.98 Å². The Kier molecular flexibility index (Phi) is 2.97. The van der Waals surface area contributed by atoms with Crippen LogP contribution in [-0.2, 0) is 7.05 Å². The maximum absolute atomic E-state index is 6.10. The molecule has 35 heavy (non-hydrogen) atoms. The van der Waals surface area contributed by atoms with E-state index in [-0.39, 0.29) is 0 Å². The van der Waals surface area contributed by atoms with Gasteiger partial charge in [-0.05, 0) is 41.8 Å². The molecule has 0 unspecified atom stereocenters. The number of furan rings is 1. The minimum Gasteiger partial charge on any atom is -0.462 e. The first kappa shape index (κ1) is 17.7. The number of rotatable bonds is 1. The Balaban J connectivity index is 1.79. The van der Waals surface area contributed by atoms with E-state index < -0.39 is 0 Å². The predicted molar refractivity (Wildman–Crippen MR) is 144 cm³/mol. The SMILES string of the molecule is Cn1c2cccc3c2c2c1ccc1c4occc4n(c12)c1c3c2ccccc2n1-c1ccccc1. The zero-order valence-electron chi connectivity index (χ0n) is 19.0. The Morgan fingerprint density at radius 2 is 1.34 bits per heavy atom. The highest BCUT2D eigenvalue weighted by Gasteiger charge is 2.25. The van der Waals surface area contributed by atoms with Crippen LogP contribution in [0.15, 0.2) is 102 Å². The number of aryl methyl sites for hydroxylation is 1. The monoisotopic (exact) mass is 449 g/mol. The molecule has 4 aromatic carbocycles. The predicted octanol–water partition coefficient (Wildman–Crippen LogP) is 8.02. The number of para-hydroxylation sites is 2. The van der Waals surface area contributed by atoms with Crippen molar-refractivity contribution in [2.45, 2.75) is 0 Å². The topological polar surface area (TPSA) is 27.4 Å². The normalized spacial score (nSPS) is 12.7. The number of benzene rings is 4. The molecule has 0 N–H and O–H groups in total. The molecule has 0 amide bonds. The third-order valence-corrected chi connectivity index (χ3v) is 7.87. The van der Waals surface area contributed by atoms with Gasteiger partial charge in [-0.1, -0.05) is 48.5 Å². The molecule has 4 nitrogen and oxygen atoms in total. The van der Waals surface area contributed by atoms with Crippen LogP contribution < -0.4 is 0 Å². The Labute approximate surface area is 199 Å². The Morgan fingerprint density at radius 1 is 0.571 bits per heavy atom. The first-order valence-electron chi connectivity index (χ1n) is 11.9. The van der Waals surface area contributed by atoms with E-state index in [0.29, 0.717) is 0 Å². The lowest BCUT2D eigenvalue weighted by Crippen LogP contribution is -1.97. The quantitative estimate of drug-likeness (QED) is 0.249. The van der Waals surface area contributed by atoms with Crippen LogP contribution in [0.4, 0.5) is 0 Å². The highest BCUT2D eigenvalue weighted by atomic mass is 16.3. The van der Waals surface area contributed by atoms with E-state index in [9.17, 15) is 0 Å². The lowest BCUT2D eigenvalue weighted by molar-refractivity contribution is 0.619. The summed E-state index contributed by atoms with van der Waals surface area (Å²) in [5, 5.41) is 7.55. The van der Waals surface area contributed by atoms with Crippen molar-refractivity contribution in [1.29, 1.82) is 0 Å². The Bertz CT molecular complexity index is 2270. The molecule has 164 valence electrons. The molecule has 0 aliphatic heterocycles. The van der Waals surface area contributed by atoms with Gasteiger partial charge in [-0.3, -0.25) is 8.97 Å². The average molecular weight is 450 g/mol. The number of fused-ring (bicyclic) bond motifs is 8. The first-order valence-corrected chi connectivity index (χ1v) is 11.9. The van der Waals surface area contributed by atoms with Crippen LogP contribution in [0.5, 0.6) is 0 Å². The minimum atomic E-state index is 0.939. The van der Waals surface area contributed by atoms with Gasteiger partial charge in [-0.15, -0.1) is 0 Å². The molecule has 0 fully saturated rings. The average Bonchev–Trinajstić information content (AvgIpc) is 3.62. The molecule has 5 heterocycles.